The van der Waals surface area contributed by atoms with Crippen LogP contribution in [0, 0.1) is 0 Å². The van der Waals surface area contributed by atoms with E-state index in [0.717, 1.165) is 11.1 Å². The molecule has 32 heavy (non-hydrogen) atoms. The third-order valence-electron chi connectivity index (χ3n) is 4.90. The van der Waals surface area contributed by atoms with Gasteiger partial charge in [0.2, 0.25) is 5.91 Å². The van der Waals surface area contributed by atoms with E-state index in [2.05, 4.69) is 5.32 Å². The van der Waals surface area contributed by atoms with Gasteiger partial charge in [0.05, 0.1) is 6.61 Å². The van der Waals surface area contributed by atoms with Crippen molar-refractivity contribution in [2.75, 3.05) is 26.9 Å². The summed E-state index contributed by atoms with van der Waals surface area (Å²) in [6.45, 7) is 0.837. The van der Waals surface area contributed by atoms with Crippen LogP contribution in [0.15, 0.2) is 91.0 Å². The van der Waals surface area contributed by atoms with Gasteiger partial charge in [-0.05, 0) is 23.3 Å². The molecule has 3 aromatic rings. The Labute approximate surface area is 188 Å². The molecule has 0 aliphatic heterocycles. The minimum absolute atomic E-state index is 0.175. The molecule has 6 nitrogen and oxygen atoms in total. The molecule has 3 rings (SSSR count). The van der Waals surface area contributed by atoms with E-state index in [4.69, 9.17) is 9.47 Å². The largest absolute Gasteiger partial charge is 0.484 e. The molecule has 1 atom stereocenters. The highest BCUT2D eigenvalue weighted by Crippen LogP contribution is 2.24. The van der Waals surface area contributed by atoms with Crippen molar-refractivity contribution >= 4 is 11.8 Å². The van der Waals surface area contributed by atoms with Crippen LogP contribution in [0.2, 0.25) is 0 Å². The smallest absolute Gasteiger partial charge is 0.261 e. The van der Waals surface area contributed by atoms with E-state index in [1.807, 2.05) is 78.9 Å². The molecule has 1 N–H and O–H groups in total. The minimum Gasteiger partial charge on any atom is -0.484 e. The van der Waals surface area contributed by atoms with Gasteiger partial charge in [0.1, 0.15) is 11.8 Å². The third kappa shape index (κ3) is 6.68. The van der Waals surface area contributed by atoms with Crippen molar-refractivity contribution in [2.24, 2.45) is 0 Å². The van der Waals surface area contributed by atoms with E-state index < -0.39 is 6.04 Å². The summed E-state index contributed by atoms with van der Waals surface area (Å²) in [5.41, 5.74) is 1.65. The second-order valence-corrected chi connectivity index (χ2v) is 7.21. The van der Waals surface area contributed by atoms with Gasteiger partial charge in [-0.3, -0.25) is 9.59 Å². The standard InChI is InChI=1S/C26H28N2O4/c1-31-18-17-27-26(30)25(22-13-7-3-8-14-22)28(19-21-11-5-2-6-12-21)24(29)20-32-23-15-9-4-10-16-23/h2-16,25H,17-20H2,1H3,(H,27,30)/t25-/m1/s1. The van der Waals surface area contributed by atoms with Crippen LogP contribution in [-0.4, -0.2) is 43.6 Å². The zero-order valence-electron chi connectivity index (χ0n) is 18.1. The maximum absolute atomic E-state index is 13.4. The molecule has 166 valence electrons. The van der Waals surface area contributed by atoms with Gasteiger partial charge in [0.25, 0.3) is 5.91 Å². The van der Waals surface area contributed by atoms with E-state index in [1.54, 1.807) is 24.1 Å². The molecular weight excluding hydrogens is 404 g/mol. The van der Waals surface area contributed by atoms with Crippen LogP contribution < -0.4 is 10.1 Å². The Bertz CT molecular complexity index is 965. The maximum atomic E-state index is 13.4. The Kier molecular flexibility index (Phi) is 8.83. The molecule has 0 heterocycles. The molecule has 0 bridgehead atoms. The molecule has 0 saturated carbocycles. The summed E-state index contributed by atoms with van der Waals surface area (Å²) in [7, 11) is 1.58. The van der Waals surface area contributed by atoms with Crippen LogP contribution in [0.5, 0.6) is 5.75 Å². The van der Waals surface area contributed by atoms with Gasteiger partial charge in [-0.15, -0.1) is 0 Å². The summed E-state index contributed by atoms with van der Waals surface area (Å²) < 4.78 is 10.8. The Morgan fingerprint density at radius 3 is 2.09 bits per heavy atom. The normalized spacial score (nSPS) is 11.4. The van der Waals surface area contributed by atoms with Crippen LogP contribution in [0.4, 0.5) is 0 Å². The van der Waals surface area contributed by atoms with Gasteiger partial charge >= 0.3 is 0 Å². The van der Waals surface area contributed by atoms with Gasteiger partial charge in [-0.2, -0.15) is 0 Å². The molecule has 0 saturated heterocycles. The molecule has 0 aromatic heterocycles. The SMILES string of the molecule is COCCNC(=O)[C@@H](c1ccccc1)N(Cc1ccccc1)C(=O)COc1ccccc1. The van der Waals surface area contributed by atoms with Gasteiger partial charge in [-0.1, -0.05) is 78.9 Å². The molecule has 3 aromatic carbocycles. The second-order valence-electron chi connectivity index (χ2n) is 7.21. The quantitative estimate of drug-likeness (QED) is 0.470. The van der Waals surface area contributed by atoms with Crippen molar-refractivity contribution in [2.45, 2.75) is 12.6 Å². The fraction of sp³-hybridized carbons (Fsp3) is 0.231. The van der Waals surface area contributed by atoms with E-state index in [-0.39, 0.29) is 25.0 Å². The molecular formula is C26H28N2O4. The summed E-state index contributed by atoms with van der Waals surface area (Å²) in [5.74, 6) is 0.0482. The number of hydrogen-bond acceptors (Lipinski definition) is 4. The first kappa shape index (κ1) is 23.0. The highest BCUT2D eigenvalue weighted by Gasteiger charge is 2.31. The Morgan fingerprint density at radius 1 is 0.875 bits per heavy atom. The van der Waals surface area contributed by atoms with Crippen molar-refractivity contribution < 1.29 is 19.1 Å². The molecule has 0 spiro atoms. The summed E-state index contributed by atoms with van der Waals surface area (Å²) in [4.78, 5) is 28.2. The fourth-order valence-electron chi connectivity index (χ4n) is 3.33. The van der Waals surface area contributed by atoms with E-state index in [9.17, 15) is 9.59 Å². The monoisotopic (exact) mass is 432 g/mol. The summed E-state index contributed by atoms with van der Waals surface area (Å²) >= 11 is 0. The van der Waals surface area contributed by atoms with Crippen LogP contribution in [-0.2, 0) is 20.9 Å². The van der Waals surface area contributed by atoms with Crippen LogP contribution in [0.3, 0.4) is 0 Å². The average Bonchev–Trinajstić information content (AvgIpc) is 2.84. The predicted molar refractivity (Wildman–Crippen MR) is 123 cm³/mol. The van der Waals surface area contributed by atoms with Gasteiger partial charge < -0.3 is 19.7 Å². The number of benzene rings is 3. The van der Waals surface area contributed by atoms with E-state index >= 15 is 0 Å². The lowest BCUT2D eigenvalue weighted by molar-refractivity contribution is -0.143. The van der Waals surface area contributed by atoms with Crippen molar-refractivity contribution in [3.63, 3.8) is 0 Å². The third-order valence-corrected chi connectivity index (χ3v) is 4.90. The van der Waals surface area contributed by atoms with Gasteiger partial charge in [0, 0.05) is 20.2 Å². The van der Waals surface area contributed by atoms with Crippen molar-refractivity contribution in [1.29, 1.82) is 0 Å². The lowest BCUT2D eigenvalue weighted by Gasteiger charge is -2.31. The second kappa shape index (κ2) is 12.3. The average molecular weight is 433 g/mol. The van der Waals surface area contributed by atoms with Crippen molar-refractivity contribution in [1.82, 2.24) is 10.2 Å². The van der Waals surface area contributed by atoms with Crippen LogP contribution in [0.1, 0.15) is 17.2 Å². The van der Waals surface area contributed by atoms with Crippen LogP contribution >= 0.6 is 0 Å². The number of nitrogens with one attached hydrogen (secondary N) is 1. The molecule has 2 amide bonds. The number of amides is 2. The first-order valence-corrected chi connectivity index (χ1v) is 10.5. The fourth-order valence-corrected chi connectivity index (χ4v) is 3.33. The number of carbonyl (C=O) groups excluding carboxylic acids is 2. The van der Waals surface area contributed by atoms with Gasteiger partial charge in [0.15, 0.2) is 6.61 Å². The summed E-state index contributed by atoms with van der Waals surface area (Å²) in [5, 5.41) is 2.88. The maximum Gasteiger partial charge on any atom is 0.261 e. The Hall–Kier alpha value is -3.64. The number of ether oxygens (including phenoxy) is 2. The highest BCUT2D eigenvalue weighted by molar-refractivity contribution is 5.89. The summed E-state index contributed by atoms with van der Waals surface area (Å²) in [6, 6.07) is 27.3. The molecule has 6 heteroatoms. The number of rotatable bonds is 11. The van der Waals surface area contributed by atoms with Gasteiger partial charge in [-0.25, -0.2) is 0 Å². The molecule has 0 unspecified atom stereocenters. The van der Waals surface area contributed by atoms with Crippen molar-refractivity contribution in [3.8, 4) is 5.75 Å². The Morgan fingerprint density at radius 2 is 1.47 bits per heavy atom. The minimum atomic E-state index is -0.805. The molecule has 0 aliphatic rings. The molecule has 0 fully saturated rings. The molecule has 0 radical (unpaired) electrons. The number of hydrogen-bond donors (Lipinski definition) is 1. The van der Waals surface area contributed by atoms with E-state index in [1.165, 1.54) is 0 Å². The molecule has 0 aliphatic carbocycles. The first-order chi connectivity index (χ1) is 15.7. The highest BCUT2D eigenvalue weighted by atomic mass is 16.5. The number of methoxy groups -OCH3 is 1. The lowest BCUT2D eigenvalue weighted by Crippen LogP contribution is -2.45. The zero-order chi connectivity index (χ0) is 22.6. The number of nitrogens with zero attached hydrogens (tertiary/aromatic N) is 1. The number of para-hydroxylation sites is 1. The summed E-state index contributed by atoms with van der Waals surface area (Å²) in [6.07, 6.45) is 0. The van der Waals surface area contributed by atoms with Crippen LogP contribution in [0.25, 0.3) is 0 Å². The first-order valence-electron chi connectivity index (χ1n) is 10.5. The zero-order valence-corrected chi connectivity index (χ0v) is 18.1. The van der Waals surface area contributed by atoms with Crippen molar-refractivity contribution in [3.05, 3.63) is 102 Å². The number of carbonyl (C=O) groups is 2. The lowest BCUT2D eigenvalue weighted by atomic mass is 10.0. The Balaban J connectivity index is 1.88. The topological polar surface area (TPSA) is 67.9 Å². The van der Waals surface area contributed by atoms with E-state index in [0.29, 0.717) is 18.9 Å². The predicted octanol–water partition coefficient (Wildman–Crippen LogP) is 3.60.